The van der Waals surface area contributed by atoms with Gasteiger partial charge >= 0.3 is 0 Å². The zero-order valence-corrected chi connectivity index (χ0v) is 16.7. The van der Waals surface area contributed by atoms with E-state index in [2.05, 4.69) is 38.5 Å². The summed E-state index contributed by atoms with van der Waals surface area (Å²) in [5, 5.41) is 0. The number of fused-ring (bicyclic) bond motifs is 1. The summed E-state index contributed by atoms with van der Waals surface area (Å²) in [4.78, 5) is 20.3. The van der Waals surface area contributed by atoms with Crippen LogP contribution < -0.4 is 0 Å². The van der Waals surface area contributed by atoms with E-state index in [-0.39, 0.29) is 0 Å². The number of carbonyl (C=O) groups excluding carboxylic acids is 1. The fourth-order valence-electron chi connectivity index (χ4n) is 3.21. The molecule has 4 nitrogen and oxygen atoms in total. The van der Waals surface area contributed by atoms with Crippen LogP contribution >= 0.6 is 15.9 Å². The van der Waals surface area contributed by atoms with Crippen LogP contribution in [0.3, 0.4) is 0 Å². The molecule has 0 spiro atoms. The first kappa shape index (κ1) is 18.8. The van der Waals surface area contributed by atoms with Gasteiger partial charge in [-0.15, -0.1) is 0 Å². The number of unbranched alkanes of at least 4 members (excludes halogenated alkanes) is 5. The van der Waals surface area contributed by atoms with E-state index in [4.69, 9.17) is 4.98 Å². The number of benzene rings is 1. The Hall–Kier alpha value is -2.01. The van der Waals surface area contributed by atoms with Gasteiger partial charge in [0.15, 0.2) is 12.1 Å². The highest BCUT2D eigenvalue weighted by atomic mass is 79.9. The predicted molar refractivity (Wildman–Crippen MR) is 109 cm³/mol. The van der Waals surface area contributed by atoms with Crippen LogP contribution in [0.1, 0.15) is 55.9 Å². The SMILES string of the molecule is CCCCCCCCn1c(-c2cccc(C=O)n2)nc2ccc(Br)cc21. The summed E-state index contributed by atoms with van der Waals surface area (Å²) in [5.74, 6) is 0.829. The Bertz CT molecular complexity index is 888. The van der Waals surface area contributed by atoms with Crippen molar-refractivity contribution in [3.8, 4) is 11.5 Å². The molecule has 3 rings (SSSR count). The van der Waals surface area contributed by atoms with Gasteiger partial charge in [0.1, 0.15) is 11.4 Å². The monoisotopic (exact) mass is 413 g/mol. The molecule has 5 heteroatoms. The van der Waals surface area contributed by atoms with Gasteiger partial charge in [-0.2, -0.15) is 0 Å². The molecule has 1 aromatic carbocycles. The number of aromatic nitrogens is 3. The highest BCUT2D eigenvalue weighted by Gasteiger charge is 2.14. The van der Waals surface area contributed by atoms with E-state index in [0.29, 0.717) is 5.69 Å². The van der Waals surface area contributed by atoms with E-state index < -0.39 is 0 Å². The predicted octanol–water partition coefficient (Wildman–Crippen LogP) is 6.03. The summed E-state index contributed by atoms with van der Waals surface area (Å²) in [6, 6.07) is 11.6. The smallest absolute Gasteiger partial charge is 0.168 e. The summed E-state index contributed by atoms with van der Waals surface area (Å²) < 4.78 is 3.27. The standard InChI is InChI=1S/C21H24BrN3O/c1-2-3-4-5-6-7-13-25-20-14-16(22)11-12-18(20)24-21(25)19-10-8-9-17(15-26)23-19/h8-12,14-15H,2-7,13H2,1H3. The van der Waals surface area contributed by atoms with E-state index in [9.17, 15) is 4.79 Å². The molecule has 136 valence electrons. The minimum absolute atomic E-state index is 0.432. The maximum Gasteiger partial charge on any atom is 0.168 e. The highest BCUT2D eigenvalue weighted by Crippen LogP contribution is 2.27. The number of hydrogen-bond donors (Lipinski definition) is 0. The third-order valence-electron chi connectivity index (χ3n) is 4.57. The summed E-state index contributed by atoms with van der Waals surface area (Å²) in [5.41, 5.74) is 3.23. The van der Waals surface area contributed by atoms with Crippen molar-refractivity contribution in [2.24, 2.45) is 0 Å². The van der Waals surface area contributed by atoms with Gasteiger partial charge in [0, 0.05) is 11.0 Å². The van der Waals surface area contributed by atoms with Crippen molar-refractivity contribution in [3.63, 3.8) is 0 Å². The first-order valence-corrected chi connectivity index (χ1v) is 10.1. The third-order valence-corrected chi connectivity index (χ3v) is 5.06. The number of rotatable bonds is 9. The van der Waals surface area contributed by atoms with Gasteiger partial charge in [-0.1, -0.05) is 61.0 Å². The molecule has 0 aliphatic heterocycles. The molecule has 0 unspecified atom stereocenters. The topological polar surface area (TPSA) is 47.8 Å². The minimum Gasteiger partial charge on any atom is -0.323 e. The lowest BCUT2D eigenvalue weighted by Gasteiger charge is -2.09. The first-order chi connectivity index (χ1) is 12.7. The molecule has 2 aromatic heterocycles. The molecule has 0 saturated heterocycles. The Labute approximate surface area is 162 Å². The molecule has 0 aliphatic carbocycles. The highest BCUT2D eigenvalue weighted by molar-refractivity contribution is 9.10. The van der Waals surface area contributed by atoms with Gasteiger partial charge in [-0.25, -0.2) is 9.97 Å². The van der Waals surface area contributed by atoms with Gasteiger partial charge in [-0.05, 0) is 36.8 Å². The van der Waals surface area contributed by atoms with Crippen molar-refractivity contribution < 1.29 is 4.79 Å². The Kier molecular flexibility index (Phi) is 6.56. The van der Waals surface area contributed by atoms with Crippen molar-refractivity contribution in [1.29, 1.82) is 0 Å². The maximum absolute atomic E-state index is 11.1. The number of halogens is 1. The Balaban J connectivity index is 1.90. The Morgan fingerprint density at radius 1 is 1.04 bits per heavy atom. The fourth-order valence-corrected chi connectivity index (χ4v) is 3.56. The lowest BCUT2D eigenvalue weighted by Crippen LogP contribution is -2.03. The van der Waals surface area contributed by atoms with Crippen molar-refractivity contribution in [2.45, 2.75) is 52.0 Å². The molecule has 0 fully saturated rings. The van der Waals surface area contributed by atoms with E-state index in [0.717, 1.165) is 46.3 Å². The lowest BCUT2D eigenvalue weighted by atomic mass is 10.1. The average Bonchev–Trinajstić information content (AvgIpc) is 3.02. The summed E-state index contributed by atoms with van der Waals surface area (Å²) in [6.07, 6.45) is 8.27. The number of nitrogens with zero attached hydrogens (tertiary/aromatic N) is 3. The van der Waals surface area contributed by atoms with Gasteiger partial charge in [0.25, 0.3) is 0 Å². The second-order valence-corrected chi connectivity index (χ2v) is 7.47. The zero-order valence-electron chi connectivity index (χ0n) is 15.1. The quantitative estimate of drug-likeness (QED) is 0.317. The van der Waals surface area contributed by atoms with Crippen LogP contribution in [0, 0.1) is 0 Å². The number of imidazole rings is 1. The molecule has 0 saturated carbocycles. The van der Waals surface area contributed by atoms with Crippen molar-refractivity contribution >= 4 is 33.2 Å². The summed E-state index contributed by atoms with van der Waals surface area (Å²) in [7, 11) is 0. The van der Waals surface area contributed by atoms with Crippen LogP contribution in [-0.2, 0) is 6.54 Å². The van der Waals surface area contributed by atoms with Crippen LogP contribution in [-0.4, -0.2) is 20.8 Å². The summed E-state index contributed by atoms with van der Waals surface area (Å²) >= 11 is 3.56. The molecule has 0 atom stereocenters. The molecular formula is C21H24BrN3O. The van der Waals surface area contributed by atoms with Crippen LogP contribution in [0.4, 0.5) is 0 Å². The number of aryl methyl sites for hydroxylation is 1. The van der Waals surface area contributed by atoms with E-state index in [1.54, 1.807) is 6.07 Å². The largest absolute Gasteiger partial charge is 0.323 e. The normalized spacial score (nSPS) is 11.2. The molecule has 26 heavy (non-hydrogen) atoms. The molecule has 0 amide bonds. The second kappa shape index (κ2) is 9.08. The van der Waals surface area contributed by atoms with Crippen LogP contribution in [0.5, 0.6) is 0 Å². The van der Waals surface area contributed by atoms with Crippen molar-refractivity contribution in [1.82, 2.24) is 14.5 Å². The molecule has 0 bridgehead atoms. The van der Waals surface area contributed by atoms with Crippen molar-refractivity contribution in [2.75, 3.05) is 0 Å². The Morgan fingerprint density at radius 3 is 2.65 bits per heavy atom. The first-order valence-electron chi connectivity index (χ1n) is 9.31. The summed E-state index contributed by atoms with van der Waals surface area (Å²) in [6.45, 7) is 3.14. The van der Waals surface area contributed by atoms with Crippen LogP contribution in [0.15, 0.2) is 40.9 Å². The molecule has 0 N–H and O–H groups in total. The van der Waals surface area contributed by atoms with Gasteiger partial charge in [-0.3, -0.25) is 4.79 Å². The average molecular weight is 414 g/mol. The third kappa shape index (κ3) is 4.39. The molecule has 2 heterocycles. The van der Waals surface area contributed by atoms with Gasteiger partial charge in [0.05, 0.1) is 11.0 Å². The van der Waals surface area contributed by atoms with E-state index in [1.807, 2.05) is 24.3 Å². The molecular weight excluding hydrogens is 390 g/mol. The number of aldehydes is 1. The number of pyridine rings is 1. The number of carbonyl (C=O) groups is 1. The van der Waals surface area contributed by atoms with E-state index >= 15 is 0 Å². The number of hydrogen-bond acceptors (Lipinski definition) is 3. The van der Waals surface area contributed by atoms with Crippen molar-refractivity contribution in [3.05, 3.63) is 46.6 Å². The van der Waals surface area contributed by atoms with Gasteiger partial charge in [0.2, 0.25) is 0 Å². The zero-order chi connectivity index (χ0) is 18.4. The molecule has 0 aliphatic rings. The van der Waals surface area contributed by atoms with Gasteiger partial charge < -0.3 is 4.57 Å². The second-order valence-electron chi connectivity index (χ2n) is 6.55. The fraction of sp³-hybridized carbons (Fsp3) is 0.381. The van der Waals surface area contributed by atoms with E-state index in [1.165, 1.54) is 32.1 Å². The maximum atomic E-state index is 11.1. The van der Waals surface area contributed by atoms with Crippen LogP contribution in [0.25, 0.3) is 22.6 Å². The minimum atomic E-state index is 0.432. The van der Waals surface area contributed by atoms with Crippen LogP contribution in [0.2, 0.25) is 0 Å². The molecule has 0 radical (unpaired) electrons. The lowest BCUT2D eigenvalue weighted by molar-refractivity contribution is 0.111. The Morgan fingerprint density at radius 2 is 1.85 bits per heavy atom. The molecule has 3 aromatic rings.